The van der Waals surface area contributed by atoms with E-state index in [1.165, 1.54) is 12.1 Å². The minimum atomic E-state index is -0.574. The smallest absolute Gasteiger partial charge is 0.331 e. The summed E-state index contributed by atoms with van der Waals surface area (Å²) in [5.74, 6) is 0.415. The molecule has 0 aliphatic carbocycles. The number of ether oxygens (including phenoxy) is 1. The number of nitrogens with zero attached hydrogens (tertiary/aromatic N) is 2. The maximum atomic E-state index is 10.7. The quantitative estimate of drug-likeness (QED) is 0.550. The predicted octanol–water partition coefficient (Wildman–Crippen LogP) is 0.793. The van der Waals surface area contributed by atoms with E-state index in [2.05, 4.69) is 10.3 Å². The highest BCUT2D eigenvalue weighted by atomic mass is 16.6. The van der Waals surface area contributed by atoms with Crippen LogP contribution in [0.4, 0.5) is 11.5 Å². The van der Waals surface area contributed by atoms with E-state index in [1.54, 1.807) is 0 Å². The zero-order chi connectivity index (χ0) is 12.0. The molecular weight excluding hydrogens is 214 g/mol. The van der Waals surface area contributed by atoms with Crippen molar-refractivity contribution in [3.8, 4) is 5.88 Å². The van der Waals surface area contributed by atoms with E-state index in [-0.39, 0.29) is 24.8 Å². The standard InChI is InChI=1S/C9H13N3O4/c1-2-10-8-4-3-7(12(14)15)9(11-8)16-6-5-13/h3-4,13H,2,5-6H2,1H3,(H,10,11). The fraction of sp³-hybridized carbons (Fsp3) is 0.444. The van der Waals surface area contributed by atoms with Gasteiger partial charge in [-0.1, -0.05) is 0 Å². The van der Waals surface area contributed by atoms with Crippen molar-refractivity contribution in [2.24, 2.45) is 0 Å². The molecule has 0 atom stereocenters. The van der Waals surface area contributed by atoms with Gasteiger partial charge < -0.3 is 15.2 Å². The number of hydrogen-bond donors (Lipinski definition) is 2. The van der Waals surface area contributed by atoms with Crippen LogP contribution in [0, 0.1) is 10.1 Å². The summed E-state index contributed by atoms with van der Waals surface area (Å²) in [5, 5.41) is 22.2. The van der Waals surface area contributed by atoms with Crippen molar-refractivity contribution in [3.63, 3.8) is 0 Å². The van der Waals surface area contributed by atoms with E-state index in [4.69, 9.17) is 9.84 Å². The number of aromatic nitrogens is 1. The average Bonchev–Trinajstić information content (AvgIpc) is 2.26. The summed E-state index contributed by atoms with van der Waals surface area (Å²) in [6, 6.07) is 2.82. The SMILES string of the molecule is CCNc1ccc([N+](=O)[O-])c(OCCO)n1. The van der Waals surface area contributed by atoms with Gasteiger partial charge in [-0.25, -0.2) is 0 Å². The molecule has 0 saturated heterocycles. The minimum absolute atomic E-state index is 0.0244. The normalized spacial score (nSPS) is 9.88. The lowest BCUT2D eigenvalue weighted by Crippen LogP contribution is -2.07. The predicted molar refractivity (Wildman–Crippen MR) is 57.6 cm³/mol. The molecule has 88 valence electrons. The Morgan fingerprint density at radius 1 is 1.62 bits per heavy atom. The molecule has 1 heterocycles. The van der Waals surface area contributed by atoms with Crippen molar-refractivity contribution in [1.82, 2.24) is 4.98 Å². The summed E-state index contributed by atoms with van der Waals surface area (Å²) in [4.78, 5) is 14.0. The molecular formula is C9H13N3O4. The first kappa shape index (κ1) is 12.2. The fourth-order valence-electron chi connectivity index (χ4n) is 1.10. The Morgan fingerprint density at radius 3 is 2.94 bits per heavy atom. The summed E-state index contributed by atoms with van der Waals surface area (Å²) in [5.41, 5.74) is -0.213. The summed E-state index contributed by atoms with van der Waals surface area (Å²) < 4.78 is 4.99. The van der Waals surface area contributed by atoms with E-state index in [1.807, 2.05) is 6.92 Å². The van der Waals surface area contributed by atoms with Gasteiger partial charge in [-0.2, -0.15) is 4.98 Å². The molecule has 1 aromatic rings. The molecule has 0 bridgehead atoms. The lowest BCUT2D eigenvalue weighted by Gasteiger charge is -2.06. The van der Waals surface area contributed by atoms with Crippen molar-refractivity contribution in [2.75, 3.05) is 25.1 Å². The molecule has 16 heavy (non-hydrogen) atoms. The zero-order valence-electron chi connectivity index (χ0n) is 8.84. The largest absolute Gasteiger partial charge is 0.470 e. The number of pyridine rings is 1. The third-order valence-electron chi connectivity index (χ3n) is 1.72. The first-order chi connectivity index (χ1) is 7.69. The second kappa shape index (κ2) is 5.86. The Hall–Kier alpha value is -1.89. The van der Waals surface area contributed by atoms with Crippen LogP contribution in [0.2, 0.25) is 0 Å². The molecule has 0 aliphatic heterocycles. The van der Waals surface area contributed by atoms with Gasteiger partial charge in [-0.3, -0.25) is 10.1 Å². The van der Waals surface area contributed by atoms with Crippen LogP contribution in [-0.4, -0.2) is 34.8 Å². The second-order valence-electron chi connectivity index (χ2n) is 2.88. The molecule has 7 nitrogen and oxygen atoms in total. The molecule has 0 spiro atoms. The van der Waals surface area contributed by atoms with Crippen molar-refractivity contribution in [1.29, 1.82) is 0 Å². The monoisotopic (exact) mass is 227 g/mol. The van der Waals surface area contributed by atoms with E-state index in [0.29, 0.717) is 12.4 Å². The number of nitrogens with one attached hydrogen (secondary N) is 1. The highest BCUT2D eigenvalue weighted by Crippen LogP contribution is 2.25. The number of nitro groups is 1. The molecule has 0 radical (unpaired) electrons. The summed E-state index contributed by atoms with van der Waals surface area (Å²) in [6.45, 7) is 2.30. The number of anilines is 1. The Kier molecular flexibility index (Phi) is 4.46. The maximum Gasteiger partial charge on any atom is 0.331 e. The molecule has 2 N–H and O–H groups in total. The Morgan fingerprint density at radius 2 is 2.38 bits per heavy atom. The molecule has 1 aromatic heterocycles. The summed E-state index contributed by atoms with van der Waals surface area (Å²) in [7, 11) is 0. The first-order valence-electron chi connectivity index (χ1n) is 4.82. The second-order valence-corrected chi connectivity index (χ2v) is 2.88. The Bertz CT molecular complexity index is 370. The summed E-state index contributed by atoms with van der Waals surface area (Å²) >= 11 is 0. The molecule has 7 heteroatoms. The van der Waals surface area contributed by atoms with Crippen LogP contribution in [0.1, 0.15) is 6.92 Å². The maximum absolute atomic E-state index is 10.7. The first-order valence-corrected chi connectivity index (χ1v) is 4.82. The minimum Gasteiger partial charge on any atom is -0.470 e. The van der Waals surface area contributed by atoms with Crippen LogP contribution in [0.3, 0.4) is 0 Å². The number of hydrogen-bond acceptors (Lipinski definition) is 6. The molecule has 0 aromatic carbocycles. The highest BCUT2D eigenvalue weighted by Gasteiger charge is 2.17. The van der Waals surface area contributed by atoms with E-state index >= 15 is 0 Å². The van der Waals surface area contributed by atoms with Crippen LogP contribution in [-0.2, 0) is 0 Å². The van der Waals surface area contributed by atoms with E-state index < -0.39 is 4.92 Å². The third kappa shape index (κ3) is 3.06. The molecule has 0 unspecified atom stereocenters. The van der Waals surface area contributed by atoms with Gasteiger partial charge in [-0.15, -0.1) is 0 Å². The van der Waals surface area contributed by atoms with Gasteiger partial charge in [0.2, 0.25) is 0 Å². The topological polar surface area (TPSA) is 97.5 Å². The van der Waals surface area contributed by atoms with Gasteiger partial charge in [0.05, 0.1) is 11.5 Å². The Labute approximate surface area is 92.2 Å². The van der Waals surface area contributed by atoms with Crippen molar-refractivity contribution < 1.29 is 14.8 Å². The molecule has 0 amide bonds. The van der Waals surface area contributed by atoms with E-state index in [9.17, 15) is 10.1 Å². The van der Waals surface area contributed by atoms with Crippen molar-refractivity contribution >= 4 is 11.5 Å². The Balaban J connectivity index is 2.95. The molecule has 0 fully saturated rings. The van der Waals surface area contributed by atoms with Crippen LogP contribution in [0.25, 0.3) is 0 Å². The summed E-state index contributed by atoms with van der Waals surface area (Å²) in [6.07, 6.45) is 0. The average molecular weight is 227 g/mol. The van der Waals surface area contributed by atoms with E-state index in [0.717, 1.165) is 0 Å². The highest BCUT2D eigenvalue weighted by molar-refractivity contribution is 5.48. The number of rotatable bonds is 6. The van der Waals surface area contributed by atoms with Gasteiger partial charge in [-0.05, 0) is 13.0 Å². The van der Waals surface area contributed by atoms with Gasteiger partial charge in [0.1, 0.15) is 12.4 Å². The molecule has 0 saturated carbocycles. The van der Waals surface area contributed by atoms with Gasteiger partial charge in [0.15, 0.2) is 0 Å². The number of aliphatic hydroxyl groups excluding tert-OH is 1. The number of aliphatic hydroxyl groups is 1. The van der Waals surface area contributed by atoms with Crippen LogP contribution >= 0.6 is 0 Å². The lowest BCUT2D eigenvalue weighted by molar-refractivity contribution is -0.386. The fourth-order valence-corrected chi connectivity index (χ4v) is 1.10. The van der Waals surface area contributed by atoms with Crippen molar-refractivity contribution in [2.45, 2.75) is 6.92 Å². The molecule has 0 aliphatic rings. The van der Waals surface area contributed by atoms with Gasteiger partial charge in [0, 0.05) is 12.6 Å². The zero-order valence-corrected chi connectivity index (χ0v) is 8.84. The van der Waals surface area contributed by atoms with Crippen LogP contribution in [0.15, 0.2) is 12.1 Å². The van der Waals surface area contributed by atoms with Gasteiger partial charge >= 0.3 is 5.69 Å². The van der Waals surface area contributed by atoms with Crippen LogP contribution in [0.5, 0.6) is 5.88 Å². The van der Waals surface area contributed by atoms with Gasteiger partial charge in [0.25, 0.3) is 5.88 Å². The molecule has 1 rings (SSSR count). The third-order valence-corrected chi connectivity index (χ3v) is 1.72. The van der Waals surface area contributed by atoms with Crippen LogP contribution < -0.4 is 10.1 Å². The lowest BCUT2D eigenvalue weighted by atomic mass is 10.4. The van der Waals surface area contributed by atoms with Crippen molar-refractivity contribution in [3.05, 3.63) is 22.2 Å².